The molecule has 5 heterocycles. The smallest absolute Gasteiger partial charge is 0.274 e. The maximum absolute atomic E-state index is 13.1. The zero-order valence-corrected chi connectivity index (χ0v) is 17.8. The zero-order valence-electron chi connectivity index (χ0n) is 17.8. The minimum Gasteiger partial charge on any atom is -0.355 e. The fraction of sp³-hybridized carbons (Fsp3) is 0.455. The van der Waals surface area contributed by atoms with Gasteiger partial charge in [0.05, 0.1) is 5.69 Å². The van der Waals surface area contributed by atoms with E-state index in [2.05, 4.69) is 25.2 Å². The molecule has 2 fully saturated rings. The second-order valence-corrected chi connectivity index (χ2v) is 8.45. The van der Waals surface area contributed by atoms with Gasteiger partial charge in [0.15, 0.2) is 11.5 Å². The number of fused-ring (bicyclic) bond motifs is 1. The van der Waals surface area contributed by atoms with Crippen LogP contribution in [0.3, 0.4) is 0 Å². The van der Waals surface area contributed by atoms with Crippen molar-refractivity contribution >= 4 is 34.3 Å². The van der Waals surface area contributed by atoms with Gasteiger partial charge in [-0.05, 0) is 43.9 Å². The third-order valence-corrected chi connectivity index (χ3v) is 6.01. The van der Waals surface area contributed by atoms with E-state index in [1.165, 1.54) is 6.42 Å². The number of pyridine rings is 2. The van der Waals surface area contributed by atoms with Crippen molar-refractivity contribution in [1.82, 2.24) is 19.7 Å². The molecule has 2 aliphatic heterocycles. The first-order valence-corrected chi connectivity index (χ1v) is 10.9. The minimum absolute atomic E-state index is 0.156. The van der Waals surface area contributed by atoms with Crippen molar-refractivity contribution in [1.29, 1.82) is 0 Å². The molecule has 0 spiro atoms. The summed E-state index contributed by atoms with van der Waals surface area (Å²) in [6.45, 7) is 3.48. The number of carbonyl (C=O) groups excluding carboxylic acids is 1. The normalized spacial score (nSPS) is 19.2. The van der Waals surface area contributed by atoms with E-state index in [9.17, 15) is 4.79 Å². The lowest BCUT2D eigenvalue weighted by molar-refractivity contribution is 0.102. The van der Waals surface area contributed by atoms with E-state index in [0.29, 0.717) is 17.0 Å². The van der Waals surface area contributed by atoms with Crippen LogP contribution in [0.4, 0.5) is 17.3 Å². The molecular weight excluding hydrogens is 392 g/mol. The molecule has 0 aliphatic carbocycles. The summed E-state index contributed by atoms with van der Waals surface area (Å²) in [6, 6.07) is 7.65. The molecular formula is C22H28N8O. The first-order valence-electron chi connectivity index (χ1n) is 10.9. The summed E-state index contributed by atoms with van der Waals surface area (Å²) in [5.74, 6) is 1.33. The molecule has 1 amide bonds. The molecule has 162 valence electrons. The Morgan fingerprint density at radius 2 is 1.97 bits per heavy atom. The summed E-state index contributed by atoms with van der Waals surface area (Å²) in [5, 5.41) is 8.41. The van der Waals surface area contributed by atoms with Crippen molar-refractivity contribution < 1.29 is 4.79 Å². The first kappa shape index (κ1) is 19.7. The van der Waals surface area contributed by atoms with Crippen molar-refractivity contribution in [3.63, 3.8) is 0 Å². The molecule has 3 N–H and O–H groups in total. The van der Waals surface area contributed by atoms with E-state index in [0.717, 1.165) is 62.5 Å². The lowest BCUT2D eigenvalue weighted by atomic mass is 10.1. The summed E-state index contributed by atoms with van der Waals surface area (Å²) in [7, 11) is 1.88. The molecule has 1 unspecified atom stereocenters. The number of nitrogens with two attached hydrogens (primary N) is 1. The Bertz CT molecular complexity index is 1100. The van der Waals surface area contributed by atoms with E-state index in [-0.39, 0.29) is 11.9 Å². The highest BCUT2D eigenvalue weighted by Crippen LogP contribution is 2.30. The monoisotopic (exact) mass is 420 g/mol. The number of amides is 1. The fourth-order valence-corrected chi connectivity index (χ4v) is 4.41. The lowest BCUT2D eigenvalue weighted by Crippen LogP contribution is -2.31. The van der Waals surface area contributed by atoms with Gasteiger partial charge in [-0.3, -0.25) is 9.48 Å². The number of rotatable bonds is 4. The van der Waals surface area contributed by atoms with E-state index in [1.807, 2.05) is 31.4 Å². The van der Waals surface area contributed by atoms with Gasteiger partial charge in [-0.15, -0.1) is 0 Å². The van der Waals surface area contributed by atoms with Gasteiger partial charge in [0.1, 0.15) is 11.5 Å². The van der Waals surface area contributed by atoms with Crippen LogP contribution in [-0.4, -0.2) is 57.9 Å². The van der Waals surface area contributed by atoms with Crippen LogP contribution in [-0.2, 0) is 7.05 Å². The molecule has 2 saturated heterocycles. The van der Waals surface area contributed by atoms with E-state index in [1.54, 1.807) is 10.7 Å². The average Bonchev–Trinajstić information content (AvgIpc) is 3.38. The topological polar surface area (TPSA) is 105 Å². The number of hydrogen-bond donors (Lipinski definition) is 2. The Morgan fingerprint density at radius 1 is 1.13 bits per heavy atom. The number of anilines is 3. The Balaban J connectivity index is 1.44. The summed E-state index contributed by atoms with van der Waals surface area (Å²) < 4.78 is 1.75. The summed E-state index contributed by atoms with van der Waals surface area (Å²) in [6.07, 6.45) is 6.32. The highest BCUT2D eigenvalue weighted by molar-refractivity contribution is 6.05. The van der Waals surface area contributed by atoms with Crippen LogP contribution in [0.2, 0.25) is 0 Å². The molecule has 5 rings (SSSR count). The number of nitrogens with zero attached hydrogens (tertiary/aromatic N) is 6. The summed E-state index contributed by atoms with van der Waals surface area (Å²) in [5.41, 5.74) is 7.80. The van der Waals surface area contributed by atoms with Gasteiger partial charge in [0.25, 0.3) is 5.91 Å². The van der Waals surface area contributed by atoms with Gasteiger partial charge >= 0.3 is 0 Å². The number of carbonyl (C=O) groups is 1. The van der Waals surface area contributed by atoms with Crippen LogP contribution >= 0.6 is 0 Å². The quantitative estimate of drug-likeness (QED) is 0.666. The van der Waals surface area contributed by atoms with Crippen molar-refractivity contribution in [3.8, 4) is 0 Å². The maximum Gasteiger partial charge on any atom is 0.274 e. The molecule has 3 aromatic rings. The van der Waals surface area contributed by atoms with Crippen LogP contribution in [0, 0.1) is 0 Å². The predicted octanol–water partition coefficient (Wildman–Crippen LogP) is 2.14. The van der Waals surface area contributed by atoms with Gasteiger partial charge in [-0.2, -0.15) is 5.10 Å². The highest BCUT2D eigenvalue weighted by Gasteiger charge is 2.23. The SMILES string of the molecule is Cn1cc2cc(NC(=O)c3cccc(N4CCC(N)C4)n3)c(N3CCCCC3)nc2n1. The fourth-order valence-electron chi connectivity index (χ4n) is 4.41. The van der Waals surface area contributed by atoms with Crippen molar-refractivity contribution in [2.24, 2.45) is 12.8 Å². The second-order valence-electron chi connectivity index (χ2n) is 8.45. The van der Waals surface area contributed by atoms with E-state index < -0.39 is 0 Å². The van der Waals surface area contributed by atoms with Crippen LogP contribution in [0.1, 0.15) is 36.2 Å². The third-order valence-electron chi connectivity index (χ3n) is 6.01. The molecule has 2 aliphatic rings. The van der Waals surface area contributed by atoms with Gasteiger partial charge in [0.2, 0.25) is 0 Å². The first-order chi connectivity index (χ1) is 15.1. The van der Waals surface area contributed by atoms with Crippen LogP contribution < -0.4 is 20.9 Å². The average molecular weight is 421 g/mol. The predicted molar refractivity (Wildman–Crippen MR) is 122 cm³/mol. The Hall–Kier alpha value is -3.20. The third kappa shape index (κ3) is 4.05. The number of nitrogens with one attached hydrogen (secondary N) is 1. The van der Waals surface area contributed by atoms with Crippen molar-refractivity contribution in [2.45, 2.75) is 31.7 Å². The van der Waals surface area contributed by atoms with Crippen LogP contribution in [0.25, 0.3) is 11.0 Å². The Labute approximate surface area is 181 Å². The van der Waals surface area contributed by atoms with Crippen molar-refractivity contribution in [2.75, 3.05) is 41.3 Å². The molecule has 9 nitrogen and oxygen atoms in total. The molecule has 9 heteroatoms. The zero-order chi connectivity index (χ0) is 21.4. The standard InChI is InChI=1S/C22H28N8O/c1-28-13-15-12-18(21(26-20(15)27-28)29-9-3-2-4-10-29)25-22(31)17-6-5-7-19(24-17)30-11-8-16(23)14-30/h5-7,12-13,16H,2-4,8-11,14,23H2,1H3,(H,25,31). The molecule has 3 aromatic heterocycles. The molecule has 1 atom stereocenters. The summed E-state index contributed by atoms with van der Waals surface area (Å²) >= 11 is 0. The lowest BCUT2D eigenvalue weighted by Gasteiger charge is -2.29. The van der Waals surface area contributed by atoms with Crippen LogP contribution in [0.5, 0.6) is 0 Å². The van der Waals surface area contributed by atoms with Crippen LogP contribution in [0.15, 0.2) is 30.5 Å². The van der Waals surface area contributed by atoms with Gasteiger partial charge in [0, 0.05) is 50.9 Å². The largest absolute Gasteiger partial charge is 0.355 e. The van der Waals surface area contributed by atoms with E-state index in [4.69, 9.17) is 10.7 Å². The Morgan fingerprint density at radius 3 is 2.74 bits per heavy atom. The van der Waals surface area contributed by atoms with Gasteiger partial charge in [-0.1, -0.05) is 6.07 Å². The van der Waals surface area contributed by atoms with Gasteiger partial charge in [-0.25, -0.2) is 9.97 Å². The molecule has 0 radical (unpaired) electrons. The summed E-state index contributed by atoms with van der Waals surface area (Å²) in [4.78, 5) is 26.9. The maximum atomic E-state index is 13.1. The number of piperidine rings is 1. The molecule has 0 aromatic carbocycles. The number of aromatic nitrogens is 4. The Kier molecular flexibility index (Phi) is 5.19. The molecule has 0 saturated carbocycles. The second kappa shape index (κ2) is 8.14. The minimum atomic E-state index is -0.242. The molecule has 31 heavy (non-hydrogen) atoms. The molecule has 0 bridgehead atoms. The number of hydrogen-bond acceptors (Lipinski definition) is 7. The van der Waals surface area contributed by atoms with Crippen molar-refractivity contribution in [3.05, 3.63) is 36.2 Å². The number of aryl methyl sites for hydroxylation is 1. The van der Waals surface area contributed by atoms with E-state index >= 15 is 0 Å². The van der Waals surface area contributed by atoms with Gasteiger partial charge < -0.3 is 20.9 Å². The highest BCUT2D eigenvalue weighted by atomic mass is 16.1.